The lowest BCUT2D eigenvalue weighted by molar-refractivity contribution is 0.264. The number of aliphatic hydroxyl groups excluding tert-OH is 1. The molecule has 0 aliphatic carbocycles. The first-order chi connectivity index (χ1) is 3.81. The third-order valence-corrected chi connectivity index (χ3v) is 1.09. The molecule has 0 fully saturated rings. The van der Waals surface area contributed by atoms with Crippen molar-refractivity contribution in [2.75, 3.05) is 6.61 Å². The van der Waals surface area contributed by atoms with Crippen LogP contribution < -0.4 is 0 Å². The van der Waals surface area contributed by atoms with Crippen molar-refractivity contribution in [1.82, 2.24) is 0 Å². The zero-order valence-corrected chi connectivity index (χ0v) is 5.22. The predicted octanol–water partition coefficient (Wildman–Crippen LogP) is 1.03. The standard InChI is InChI=1S/C7H12O/c1-3-4-7(2)5-6-8/h1,7-8H,4-6H2,2H3/t7-/m1/s1. The van der Waals surface area contributed by atoms with Crippen LogP contribution in [0.4, 0.5) is 0 Å². The first kappa shape index (κ1) is 7.52. The second-order valence-corrected chi connectivity index (χ2v) is 2.03. The molecule has 0 amide bonds. The lowest BCUT2D eigenvalue weighted by Gasteiger charge is -2.01. The summed E-state index contributed by atoms with van der Waals surface area (Å²) in [6.45, 7) is 2.29. The van der Waals surface area contributed by atoms with Gasteiger partial charge >= 0.3 is 0 Å². The molecule has 8 heavy (non-hydrogen) atoms. The molecular weight excluding hydrogens is 100 g/mol. The molecule has 0 aromatic rings. The number of rotatable bonds is 3. The summed E-state index contributed by atoms with van der Waals surface area (Å²) in [5, 5.41) is 8.39. The highest BCUT2D eigenvalue weighted by Crippen LogP contribution is 2.03. The van der Waals surface area contributed by atoms with E-state index >= 15 is 0 Å². The average Bonchev–Trinajstić information content (AvgIpc) is 1.68. The van der Waals surface area contributed by atoms with Gasteiger partial charge in [-0.25, -0.2) is 0 Å². The van der Waals surface area contributed by atoms with E-state index in [-0.39, 0.29) is 6.61 Å². The Morgan fingerprint density at radius 1 is 1.75 bits per heavy atom. The van der Waals surface area contributed by atoms with Crippen LogP contribution in [0, 0.1) is 18.3 Å². The Hall–Kier alpha value is -0.480. The van der Waals surface area contributed by atoms with E-state index in [2.05, 4.69) is 5.92 Å². The highest BCUT2D eigenvalue weighted by atomic mass is 16.2. The maximum absolute atomic E-state index is 8.39. The fraction of sp³-hybridized carbons (Fsp3) is 0.714. The lowest BCUT2D eigenvalue weighted by Crippen LogP contribution is -1.95. The molecule has 0 aromatic carbocycles. The van der Waals surface area contributed by atoms with Crippen LogP contribution in [0.5, 0.6) is 0 Å². The van der Waals surface area contributed by atoms with Crippen LogP contribution in [0.2, 0.25) is 0 Å². The van der Waals surface area contributed by atoms with Gasteiger partial charge in [-0.2, -0.15) is 0 Å². The minimum atomic E-state index is 0.253. The summed E-state index contributed by atoms with van der Waals surface area (Å²) >= 11 is 0. The van der Waals surface area contributed by atoms with Crippen LogP contribution in [-0.2, 0) is 0 Å². The molecule has 0 bridgehead atoms. The summed E-state index contributed by atoms with van der Waals surface area (Å²) in [6.07, 6.45) is 6.63. The fourth-order valence-electron chi connectivity index (χ4n) is 0.524. The zero-order chi connectivity index (χ0) is 6.41. The van der Waals surface area contributed by atoms with Crippen molar-refractivity contribution in [3.05, 3.63) is 0 Å². The number of hydrogen-bond acceptors (Lipinski definition) is 1. The average molecular weight is 112 g/mol. The van der Waals surface area contributed by atoms with Gasteiger partial charge in [0.1, 0.15) is 0 Å². The first-order valence-electron chi connectivity index (χ1n) is 2.85. The van der Waals surface area contributed by atoms with E-state index in [9.17, 15) is 0 Å². The van der Waals surface area contributed by atoms with Crippen molar-refractivity contribution in [2.24, 2.45) is 5.92 Å². The molecular formula is C7H12O. The van der Waals surface area contributed by atoms with Gasteiger partial charge in [-0.15, -0.1) is 12.3 Å². The summed E-state index contributed by atoms with van der Waals surface area (Å²) in [6, 6.07) is 0. The minimum Gasteiger partial charge on any atom is -0.396 e. The fourth-order valence-corrected chi connectivity index (χ4v) is 0.524. The van der Waals surface area contributed by atoms with Crippen LogP contribution in [-0.4, -0.2) is 11.7 Å². The van der Waals surface area contributed by atoms with Gasteiger partial charge < -0.3 is 5.11 Å². The molecule has 0 heterocycles. The normalized spacial score (nSPS) is 12.6. The van der Waals surface area contributed by atoms with E-state index in [1.54, 1.807) is 0 Å². The van der Waals surface area contributed by atoms with Gasteiger partial charge in [0.05, 0.1) is 0 Å². The maximum Gasteiger partial charge on any atom is 0.0433 e. The molecule has 1 atom stereocenters. The van der Waals surface area contributed by atoms with Gasteiger partial charge in [0.15, 0.2) is 0 Å². The monoisotopic (exact) mass is 112 g/mol. The molecule has 0 radical (unpaired) electrons. The minimum absolute atomic E-state index is 0.253. The summed E-state index contributed by atoms with van der Waals surface area (Å²) in [5.74, 6) is 3.02. The summed E-state index contributed by atoms with van der Waals surface area (Å²) < 4.78 is 0. The molecule has 0 saturated heterocycles. The van der Waals surface area contributed by atoms with Gasteiger partial charge in [-0.05, 0) is 12.3 Å². The first-order valence-corrected chi connectivity index (χ1v) is 2.85. The Morgan fingerprint density at radius 2 is 2.38 bits per heavy atom. The van der Waals surface area contributed by atoms with E-state index in [1.807, 2.05) is 6.92 Å². The summed E-state index contributed by atoms with van der Waals surface area (Å²) in [4.78, 5) is 0. The van der Waals surface area contributed by atoms with E-state index in [0.717, 1.165) is 12.8 Å². The van der Waals surface area contributed by atoms with Gasteiger partial charge in [0.2, 0.25) is 0 Å². The largest absolute Gasteiger partial charge is 0.396 e. The van der Waals surface area contributed by atoms with E-state index in [4.69, 9.17) is 11.5 Å². The van der Waals surface area contributed by atoms with Crippen LogP contribution in [0.15, 0.2) is 0 Å². The Bertz CT molecular complexity index is 80.9. The van der Waals surface area contributed by atoms with Gasteiger partial charge in [0, 0.05) is 13.0 Å². The van der Waals surface area contributed by atoms with Crippen LogP contribution in [0.25, 0.3) is 0 Å². The van der Waals surface area contributed by atoms with Crippen molar-refractivity contribution in [3.8, 4) is 12.3 Å². The molecule has 0 aliphatic heterocycles. The molecule has 1 nitrogen and oxygen atoms in total. The van der Waals surface area contributed by atoms with Gasteiger partial charge in [0.25, 0.3) is 0 Å². The quantitative estimate of drug-likeness (QED) is 0.540. The van der Waals surface area contributed by atoms with Crippen molar-refractivity contribution >= 4 is 0 Å². The maximum atomic E-state index is 8.39. The predicted molar refractivity (Wildman–Crippen MR) is 34.3 cm³/mol. The lowest BCUT2D eigenvalue weighted by atomic mass is 10.1. The molecule has 0 saturated carbocycles. The topological polar surface area (TPSA) is 20.2 Å². The molecule has 0 unspecified atom stereocenters. The van der Waals surface area contributed by atoms with Gasteiger partial charge in [-0.3, -0.25) is 0 Å². The van der Waals surface area contributed by atoms with Crippen molar-refractivity contribution in [3.63, 3.8) is 0 Å². The summed E-state index contributed by atoms with van der Waals surface area (Å²) in [5.41, 5.74) is 0. The zero-order valence-electron chi connectivity index (χ0n) is 5.22. The third-order valence-electron chi connectivity index (χ3n) is 1.09. The van der Waals surface area contributed by atoms with Crippen LogP contribution in [0.3, 0.4) is 0 Å². The third kappa shape index (κ3) is 3.70. The van der Waals surface area contributed by atoms with E-state index in [0.29, 0.717) is 5.92 Å². The molecule has 0 aromatic heterocycles. The smallest absolute Gasteiger partial charge is 0.0433 e. The van der Waals surface area contributed by atoms with E-state index in [1.165, 1.54) is 0 Å². The molecule has 0 aliphatic rings. The molecule has 1 heteroatoms. The Balaban J connectivity index is 3.08. The SMILES string of the molecule is C#CC[C@@H](C)CCO. The van der Waals surface area contributed by atoms with Crippen LogP contribution in [0.1, 0.15) is 19.8 Å². The second-order valence-electron chi connectivity index (χ2n) is 2.03. The van der Waals surface area contributed by atoms with Crippen LogP contribution >= 0.6 is 0 Å². The Labute approximate surface area is 50.7 Å². The van der Waals surface area contributed by atoms with E-state index < -0.39 is 0 Å². The Morgan fingerprint density at radius 3 is 2.75 bits per heavy atom. The number of hydrogen-bond donors (Lipinski definition) is 1. The second kappa shape index (κ2) is 4.67. The van der Waals surface area contributed by atoms with Crippen molar-refractivity contribution in [1.29, 1.82) is 0 Å². The molecule has 1 N–H and O–H groups in total. The van der Waals surface area contributed by atoms with Crippen molar-refractivity contribution in [2.45, 2.75) is 19.8 Å². The highest BCUT2D eigenvalue weighted by molar-refractivity contribution is 4.85. The summed E-state index contributed by atoms with van der Waals surface area (Å²) in [7, 11) is 0. The molecule has 0 spiro atoms. The molecule has 0 rings (SSSR count). The Kier molecular flexibility index (Phi) is 4.39. The van der Waals surface area contributed by atoms with Crippen molar-refractivity contribution < 1.29 is 5.11 Å². The van der Waals surface area contributed by atoms with Gasteiger partial charge in [-0.1, -0.05) is 6.92 Å². The number of aliphatic hydroxyl groups is 1. The number of terminal acetylenes is 1. The molecule has 46 valence electrons. The highest BCUT2D eigenvalue weighted by Gasteiger charge is 1.95.